The van der Waals surface area contributed by atoms with Crippen molar-refractivity contribution in [2.24, 2.45) is 0 Å². The highest BCUT2D eigenvalue weighted by molar-refractivity contribution is 7.79. The minimum Gasteiger partial charge on any atom is -0.325 e. The molecule has 0 radical (unpaired) electrons. The Bertz CT molecular complexity index is 349. The average Bonchev–Trinajstić information content (AvgIpc) is 2.02. The molecule has 0 aromatic carbocycles. The van der Waals surface area contributed by atoms with Gasteiger partial charge in [0.1, 0.15) is 0 Å². The number of thiol groups is 1. The van der Waals surface area contributed by atoms with Crippen LogP contribution in [-0.2, 0) is 11.2 Å². The first-order valence-corrected chi connectivity index (χ1v) is 4.92. The van der Waals surface area contributed by atoms with Crippen molar-refractivity contribution in [1.29, 1.82) is 0 Å². The van der Waals surface area contributed by atoms with E-state index in [-0.39, 0.29) is 11.0 Å². The third-order valence-corrected chi connectivity index (χ3v) is 2.31. The van der Waals surface area contributed by atoms with Gasteiger partial charge in [-0.2, -0.15) is 12.6 Å². The molecule has 1 N–H and O–H groups in total. The zero-order chi connectivity index (χ0) is 10.1. The number of nitrogens with one attached hydrogen (secondary N) is 1. The maximum atomic E-state index is 11.4. The number of hydrogen-bond acceptors (Lipinski definition) is 2. The van der Waals surface area contributed by atoms with E-state index in [9.17, 15) is 4.79 Å². The second-order valence-electron chi connectivity index (χ2n) is 4.13. The van der Waals surface area contributed by atoms with Gasteiger partial charge < -0.3 is 4.98 Å². The minimum atomic E-state index is -0.0255. The van der Waals surface area contributed by atoms with Gasteiger partial charge >= 0.3 is 0 Å². The Morgan fingerprint density at radius 3 is 2.38 bits per heavy atom. The summed E-state index contributed by atoms with van der Waals surface area (Å²) >= 11 is 4.07. The van der Waals surface area contributed by atoms with E-state index in [1.807, 2.05) is 12.1 Å². The van der Waals surface area contributed by atoms with Crippen LogP contribution in [0.3, 0.4) is 0 Å². The summed E-state index contributed by atoms with van der Waals surface area (Å²) in [5.41, 5.74) is 1.65. The van der Waals surface area contributed by atoms with Crippen LogP contribution in [0.2, 0.25) is 0 Å². The lowest BCUT2D eigenvalue weighted by atomic mass is 9.91. The van der Waals surface area contributed by atoms with E-state index >= 15 is 0 Å². The molecule has 0 saturated carbocycles. The molecule has 0 unspecified atom stereocenters. The third kappa shape index (κ3) is 2.37. The van der Waals surface area contributed by atoms with Crippen molar-refractivity contribution >= 4 is 12.6 Å². The Labute approximate surface area is 83.8 Å². The summed E-state index contributed by atoms with van der Waals surface area (Å²) in [6.07, 6.45) is 0. The molecule has 0 spiro atoms. The fraction of sp³-hybridized carbons (Fsp3) is 0.500. The van der Waals surface area contributed by atoms with Crippen LogP contribution >= 0.6 is 12.6 Å². The molecule has 3 heteroatoms. The fourth-order valence-corrected chi connectivity index (χ4v) is 1.31. The third-order valence-electron chi connectivity index (χ3n) is 1.97. The van der Waals surface area contributed by atoms with E-state index in [0.717, 1.165) is 11.3 Å². The van der Waals surface area contributed by atoms with Gasteiger partial charge in [0, 0.05) is 22.4 Å². The van der Waals surface area contributed by atoms with E-state index < -0.39 is 0 Å². The number of aromatic nitrogens is 1. The van der Waals surface area contributed by atoms with Gasteiger partial charge in [0.15, 0.2) is 0 Å². The summed E-state index contributed by atoms with van der Waals surface area (Å²) in [5.74, 6) is 0.486. The molecule has 1 rings (SSSR count). The Hall–Kier alpha value is -0.700. The predicted molar refractivity (Wildman–Crippen MR) is 58.5 cm³/mol. The van der Waals surface area contributed by atoms with Crippen LogP contribution in [0.25, 0.3) is 0 Å². The van der Waals surface area contributed by atoms with Crippen LogP contribution in [0.4, 0.5) is 0 Å². The van der Waals surface area contributed by atoms with Crippen molar-refractivity contribution in [3.63, 3.8) is 0 Å². The summed E-state index contributed by atoms with van der Waals surface area (Å²) in [5, 5.41) is 0. The standard InChI is InChI=1S/C10H15NOS/c1-10(2,3)8-5-4-7(6-13)9(12)11-8/h4-5,13H,6H2,1-3H3,(H,11,12). The van der Waals surface area contributed by atoms with Gasteiger partial charge in [-0.05, 0) is 6.07 Å². The van der Waals surface area contributed by atoms with Crippen molar-refractivity contribution in [3.8, 4) is 0 Å². The molecule has 0 atom stereocenters. The lowest BCUT2D eigenvalue weighted by molar-refractivity contribution is 0.566. The molecule has 1 aromatic rings. The normalized spacial score (nSPS) is 11.7. The molecule has 1 heterocycles. The van der Waals surface area contributed by atoms with Crippen molar-refractivity contribution < 1.29 is 0 Å². The number of pyridine rings is 1. The first-order chi connectivity index (χ1) is 5.95. The van der Waals surface area contributed by atoms with Gasteiger partial charge in [0.2, 0.25) is 0 Å². The van der Waals surface area contributed by atoms with Gasteiger partial charge in [-0.25, -0.2) is 0 Å². The van der Waals surface area contributed by atoms with Crippen LogP contribution in [-0.4, -0.2) is 4.98 Å². The molecule has 72 valence electrons. The Morgan fingerprint density at radius 1 is 1.38 bits per heavy atom. The fourth-order valence-electron chi connectivity index (χ4n) is 1.07. The van der Waals surface area contributed by atoms with E-state index in [4.69, 9.17) is 0 Å². The average molecular weight is 197 g/mol. The predicted octanol–water partition coefficient (Wildman–Crippen LogP) is 2.10. The molecular weight excluding hydrogens is 182 g/mol. The molecule has 0 amide bonds. The smallest absolute Gasteiger partial charge is 0.252 e. The SMILES string of the molecule is CC(C)(C)c1ccc(CS)c(=O)[nH]1. The molecule has 0 bridgehead atoms. The Kier molecular flexibility index (Phi) is 2.86. The second-order valence-corrected chi connectivity index (χ2v) is 4.45. The van der Waals surface area contributed by atoms with Crippen LogP contribution in [0.15, 0.2) is 16.9 Å². The van der Waals surface area contributed by atoms with Crippen LogP contribution in [0, 0.1) is 0 Å². The van der Waals surface area contributed by atoms with E-state index in [1.165, 1.54) is 0 Å². The van der Waals surface area contributed by atoms with Gasteiger partial charge in [-0.1, -0.05) is 26.8 Å². The molecule has 0 aliphatic heterocycles. The lowest BCUT2D eigenvalue weighted by Gasteiger charge is -2.18. The number of H-pyrrole nitrogens is 1. The molecule has 0 aliphatic rings. The summed E-state index contributed by atoms with van der Waals surface area (Å²) in [4.78, 5) is 14.3. The highest BCUT2D eigenvalue weighted by atomic mass is 32.1. The van der Waals surface area contributed by atoms with E-state index in [0.29, 0.717) is 5.75 Å². The zero-order valence-electron chi connectivity index (χ0n) is 8.22. The van der Waals surface area contributed by atoms with Gasteiger partial charge in [-0.3, -0.25) is 4.79 Å². The zero-order valence-corrected chi connectivity index (χ0v) is 9.11. The summed E-state index contributed by atoms with van der Waals surface area (Å²) in [6.45, 7) is 6.20. The lowest BCUT2D eigenvalue weighted by Crippen LogP contribution is -2.21. The first-order valence-electron chi connectivity index (χ1n) is 4.28. The molecule has 2 nitrogen and oxygen atoms in total. The van der Waals surface area contributed by atoms with E-state index in [2.05, 4.69) is 38.4 Å². The number of rotatable bonds is 1. The topological polar surface area (TPSA) is 32.9 Å². The highest BCUT2D eigenvalue weighted by Crippen LogP contribution is 2.18. The van der Waals surface area contributed by atoms with Crippen molar-refractivity contribution in [1.82, 2.24) is 4.98 Å². The quantitative estimate of drug-likeness (QED) is 0.664. The molecular formula is C10H15NOS. The largest absolute Gasteiger partial charge is 0.325 e. The maximum Gasteiger partial charge on any atom is 0.252 e. The van der Waals surface area contributed by atoms with Gasteiger partial charge in [0.05, 0.1) is 0 Å². The Balaban J connectivity index is 3.18. The summed E-state index contributed by atoms with van der Waals surface area (Å²) in [6, 6.07) is 3.79. The molecule has 0 saturated heterocycles. The van der Waals surface area contributed by atoms with Crippen LogP contribution in [0.5, 0.6) is 0 Å². The minimum absolute atomic E-state index is 0.00567. The highest BCUT2D eigenvalue weighted by Gasteiger charge is 2.14. The summed E-state index contributed by atoms with van der Waals surface area (Å²) in [7, 11) is 0. The van der Waals surface area contributed by atoms with Crippen LogP contribution < -0.4 is 5.56 Å². The number of hydrogen-bond donors (Lipinski definition) is 2. The van der Waals surface area contributed by atoms with Crippen molar-refractivity contribution in [3.05, 3.63) is 33.7 Å². The first kappa shape index (κ1) is 10.4. The number of aromatic amines is 1. The van der Waals surface area contributed by atoms with Crippen molar-refractivity contribution in [2.45, 2.75) is 31.9 Å². The van der Waals surface area contributed by atoms with Gasteiger partial charge in [0.25, 0.3) is 5.56 Å². The molecule has 13 heavy (non-hydrogen) atoms. The molecule has 0 fully saturated rings. The van der Waals surface area contributed by atoms with Crippen molar-refractivity contribution in [2.75, 3.05) is 0 Å². The summed E-state index contributed by atoms with van der Waals surface area (Å²) < 4.78 is 0. The molecule has 1 aromatic heterocycles. The molecule has 0 aliphatic carbocycles. The van der Waals surface area contributed by atoms with Gasteiger partial charge in [-0.15, -0.1) is 0 Å². The maximum absolute atomic E-state index is 11.4. The van der Waals surface area contributed by atoms with E-state index in [1.54, 1.807) is 0 Å². The second kappa shape index (κ2) is 3.58. The van der Waals surface area contributed by atoms with Crippen LogP contribution in [0.1, 0.15) is 32.0 Å². The Morgan fingerprint density at radius 2 is 2.00 bits per heavy atom. The monoisotopic (exact) mass is 197 g/mol.